The molecular weight excluding hydrogens is 384 g/mol. The highest BCUT2D eigenvalue weighted by Gasteiger charge is 2.23. The van der Waals surface area contributed by atoms with E-state index in [-0.39, 0.29) is 0 Å². The molecule has 1 atom stereocenters. The van der Waals surface area contributed by atoms with Crippen molar-refractivity contribution in [1.29, 1.82) is 0 Å². The number of thiophene rings is 1. The SMILES string of the molecule is CN=C(NCC1CCCN(Cc2cccs2)C1)N1CCN(Cc2ccon2)CC1. The summed E-state index contributed by atoms with van der Waals surface area (Å²) in [5.74, 6) is 1.73. The molecule has 4 heterocycles. The molecule has 0 spiro atoms. The number of hydrogen-bond donors (Lipinski definition) is 1. The number of aromatic nitrogens is 1. The Balaban J connectivity index is 1.20. The first kappa shape index (κ1) is 20.4. The highest BCUT2D eigenvalue weighted by Crippen LogP contribution is 2.20. The van der Waals surface area contributed by atoms with Crippen LogP contribution in [0, 0.1) is 5.92 Å². The van der Waals surface area contributed by atoms with E-state index in [1.54, 1.807) is 6.26 Å². The largest absolute Gasteiger partial charge is 0.364 e. The summed E-state index contributed by atoms with van der Waals surface area (Å²) in [6, 6.07) is 6.34. The van der Waals surface area contributed by atoms with Gasteiger partial charge in [0.25, 0.3) is 0 Å². The lowest BCUT2D eigenvalue weighted by molar-refractivity contribution is 0.161. The summed E-state index contributed by atoms with van der Waals surface area (Å²) in [6.07, 6.45) is 4.23. The second kappa shape index (κ2) is 10.2. The van der Waals surface area contributed by atoms with E-state index >= 15 is 0 Å². The molecule has 1 N–H and O–H groups in total. The van der Waals surface area contributed by atoms with Crippen molar-refractivity contribution in [3.05, 3.63) is 40.4 Å². The van der Waals surface area contributed by atoms with Gasteiger partial charge in [0.1, 0.15) is 6.26 Å². The molecule has 0 saturated carbocycles. The van der Waals surface area contributed by atoms with Gasteiger partial charge in [-0.05, 0) is 36.8 Å². The van der Waals surface area contributed by atoms with Crippen LogP contribution in [-0.2, 0) is 13.1 Å². The molecule has 1 unspecified atom stereocenters. The van der Waals surface area contributed by atoms with Crippen molar-refractivity contribution in [2.75, 3.05) is 52.9 Å². The number of aliphatic imine (C=N–C) groups is 1. The summed E-state index contributed by atoms with van der Waals surface area (Å²) in [7, 11) is 1.90. The number of guanidine groups is 1. The Morgan fingerprint density at radius 2 is 2.10 bits per heavy atom. The lowest BCUT2D eigenvalue weighted by Crippen LogP contribution is -2.53. The Hall–Kier alpha value is -1.90. The summed E-state index contributed by atoms with van der Waals surface area (Å²) in [6.45, 7) is 9.38. The van der Waals surface area contributed by atoms with Gasteiger partial charge in [0.05, 0.1) is 5.69 Å². The van der Waals surface area contributed by atoms with Crippen molar-refractivity contribution in [3.8, 4) is 0 Å². The van der Waals surface area contributed by atoms with Gasteiger partial charge in [0.15, 0.2) is 5.96 Å². The monoisotopic (exact) mass is 416 g/mol. The predicted molar refractivity (Wildman–Crippen MR) is 117 cm³/mol. The lowest BCUT2D eigenvalue weighted by Gasteiger charge is -2.37. The van der Waals surface area contributed by atoms with Crippen LogP contribution in [0.25, 0.3) is 0 Å². The van der Waals surface area contributed by atoms with Gasteiger partial charge in [-0.1, -0.05) is 11.2 Å². The number of rotatable bonds is 6. The third kappa shape index (κ3) is 5.81. The second-order valence-corrected chi connectivity index (χ2v) is 9.04. The van der Waals surface area contributed by atoms with E-state index in [2.05, 4.69) is 47.7 Å². The summed E-state index contributed by atoms with van der Waals surface area (Å²) >= 11 is 1.86. The fourth-order valence-electron chi connectivity index (χ4n) is 4.32. The van der Waals surface area contributed by atoms with Crippen LogP contribution < -0.4 is 5.32 Å². The van der Waals surface area contributed by atoms with E-state index in [0.29, 0.717) is 5.92 Å². The molecule has 158 valence electrons. The number of piperazine rings is 1. The maximum absolute atomic E-state index is 4.94. The van der Waals surface area contributed by atoms with Crippen LogP contribution in [0.3, 0.4) is 0 Å². The van der Waals surface area contributed by atoms with E-state index in [1.165, 1.54) is 30.8 Å². The van der Waals surface area contributed by atoms with Crippen LogP contribution in [0.5, 0.6) is 0 Å². The first-order chi connectivity index (χ1) is 14.3. The minimum absolute atomic E-state index is 0.689. The smallest absolute Gasteiger partial charge is 0.193 e. The molecule has 0 aromatic carbocycles. The zero-order valence-electron chi connectivity index (χ0n) is 17.3. The van der Waals surface area contributed by atoms with Crippen molar-refractivity contribution in [3.63, 3.8) is 0 Å². The van der Waals surface area contributed by atoms with Crippen LogP contribution in [0.1, 0.15) is 23.4 Å². The molecule has 0 radical (unpaired) electrons. The highest BCUT2D eigenvalue weighted by molar-refractivity contribution is 7.09. The molecule has 29 heavy (non-hydrogen) atoms. The normalized spacial score (nSPS) is 22.2. The molecule has 2 saturated heterocycles. The molecule has 2 fully saturated rings. The van der Waals surface area contributed by atoms with Crippen LogP contribution in [-0.4, -0.2) is 78.7 Å². The third-order valence-electron chi connectivity index (χ3n) is 5.87. The summed E-state index contributed by atoms with van der Waals surface area (Å²) in [5, 5.41) is 9.85. The maximum Gasteiger partial charge on any atom is 0.193 e. The predicted octanol–water partition coefficient (Wildman–Crippen LogP) is 2.34. The Morgan fingerprint density at radius 3 is 2.83 bits per heavy atom. The van der Waals surface area contributed by atoms with E-state index in [1.807, 2.05) is 24.5 Å². The Bertz CT molecular complexity index is 739. The molecular formula is C21H32N6OS. The first-order valence-electron chi connectivity index (χ1n) is 10.6. The number of likely N-dealkylation sites (tertiary alicyclic amines) is 1. The maximum atomic E-state index is 4.94. The van der Waals surface area contributed by atoms with E-state index in [9.17, 15) is 0 Å². The van der Waals surface area contributed by atoms with Gasteiger partial charge in [0.2, 0.25) is 0 Å². The van der Waals surface area contributed by atoms with Crippen molar-refractivity contribution in [2.24, 2.45) is 10.9 Å². The summed E-state index contributed by atoms with van der Waals surface area (Å²) in [4.78, 5) is 13.4. The molecule has 2 aromatic heterocycles. The van der Waals surface area contributed by atoms with Crippen LogP contribution in [0.2, 0.25) is 0 Å². The quantitative estimate of drug-likeness (QED) is 0.576. The molecule has 2 aromatic rings. The van der Waals surface area contributed by atoms with Gasteiger partial charge < -0.3 is 14.7 Å². The highest BCUT2D eigenvalue weighted by atomic mass is 32.1. The Kier molecular flexibility index (Phi) is 7.18. The van der Waals surface area contributed by atoms with Crippen LogP contribution in [0.4, 0.5) is 0 Å². The fourth-order valence-corrected chi connectivity index (χ4v) is 5.06. The van der Waals surface area contributed by atoms with Gasteiger partial charge in [-0.15, -0.1) is 11.3 Å². The summed E-state index contributed by atoms with van der Waals surface area (Å²) in [5.41, 5.74) is 1.00. The third-order valence-corrected chi connectivity index (χ3v) is 6.73. The van der Waals surface area contributed by atoms with Crippen molar-refractivity contribution in [1.82, 2.24) is 25.2 Å². The molecule has 0 amide bonds. The zero-order valence-corrected chi connectivity index (χ0v) is 18.1. The van der Waals surface area contributed by atoms with Gasteiger partial charge in [-0.3, -0.25) is 14.8 Å². The first-order valence-corrected chi connectivity index (χ1v) is 11.5. The topological polar surface area (TPSA) is 60.1 Å². The minimum Gasteiger partial charge on any atom is -0.364 e. The van der Waals surface area contributed by atoms with E-state index < -0.39 is 0 Å². The minimum atomic E-state index is 0.689. The average Bonchev–Trinajstić information content (AvgIpc) is 3.44. The van der Waals surface area contributed by atoms with Gasteiger partial charge >= 0.3 is 0 Å². The van der Waals surface area contributed by atoms with Crippen molar-refractivity contribution in [2.45, 2.75) is 25.9 Å². The molecule has 2 aliphatic heterocycles. The molecule has 0 aliphatic carbocycles. The lowest BCUT2D eigenvalue weighted by atomic mass is 9.98. The van der Waals surface area contributed by atoms with E-state index in [0.717, 1.165) is 57.5 Å². The Morgan fingerprint density at radius 1 is 1.21 bits per heavy atom. The van der Waals surface area contributed by atoms with Crippen molar-refractivity contribution < 1.29 is 4.52 Å². The molecule has 7 nitrogen and oxygen atoms in total. The summed E-state index contributed by atoms with van der Waals surface area (Å²) < 4.78 is 4.94. The molecule has 0 bridgehead atoms. The van der Waals surface area contributed by atoms with Crippen LogP contribution in [0.15, 0.2) is 39.4 Å². The number of piperidine rings is 1. The second-order valence-electron chi connectivity index (χ2n) is 8.00. The van der Waals surface area contributed by atoms with Gasteiger partial charge in [-0.25, -0.2) is 0 Å². The standard InChI is InChI=1S/C21H32N6OS/c1-22-21(27-10-8-25(9-11-27)16-19-6-12-28-24-19)23-14-18-4-2-7-26(15-18)17-20-5-3-13-29-20/h3,5-6,12-13,18H,2,4,7-11,14-17H2,1H3,(H,22,23). The van der Waals surface area contributed by atoms with E-state index in [4.69, 9.17) is 4.52 Å². The molecule has 2 aliphatic rings. The number of nitrogens with zero attached hydrogens (tertiary/aromatic N) is 5. The zero-order chi connectivity index (χ0) is 19.9. The number of hydrogen-bond acceptors (Lipinski definition) is 6. The average molecular weight is 417 g/mol. The van der Waals surface area contributed by atoms with Gasteiger partial charge in [-0.2, -0.15) is 0 Å². The number of nitrogens with one attached hydrogen (secondary N) is 1. The Labute approximate surface area is 177 Å². The fraction of sp³-hybridized carbons (Fsp3) is 0.619. The molecule has 8 heteroatoms. The van der Waals surface area contributed by atoms with Crippen molar-refractivity contribution >= 4 is 17.3 Å². The van der Waals surface area contributed by atoms with Gasteiger partial charge in [0, 0.05) is 70.3 Å². The van der Waals surface area contributed by atoms with Crippen LogP contribution >= 0.6 is 11.3 Å². The molecule has 4 rings (SSSR count).